The fourth-order valence-corrected chi connectivity index (χ4v) is 2.68. The van der Waals surface area contributed by atoms with Crippen LogP contribution in [0.1, 0.15) is 12.8 Å². The lowest BCUT2D eigenvalue weighted by Gasteiger charge is -2.27. The number of aromatic hydroxyl groups is 1. The lowest BCUT2D eigenvalue weighted by molar-refractivity contribution is 0.475. The molecule has 2 unspecified atom stereocenters. The van der Waals surface area contributed by atoms with Gasteiger partial charge in [0, 0.05) is 41.7 Å². The zero-order valence-electron chi connectivity index (χ0n) is 13.3. The van der Waals surface area contributed by atoms with Gasteiger partial charge in [-0.15, -0.1) is 0 Å². The van der Waals surface area contributed by atoms with E-state index in [4.69, 9.17) is 17.2 Å². The maximum atomic E-state index is 9.57. The van der Waals surface area contributed by atoms with Gasteiger partial charge in [-0.1, -0.05) is 6.07 Å². The highest BCUT2D eigenvalue weighted by molar-refractivity contribution is 6.12. The highest BCUT2D eigenvalue weighted by atomic mass is 16.3. The molecule has 2 aromatic rings. The van der Waals surface area contributed by atoms with Crippen LogP contribution >= 0.6 is 0 Å². The van der Waals surface area contributed by atoms with Crippen molar-refractivity contribution < 1.29 is 5.11 Å². The number of phenolic OH excluding ortho intramolecular Hbond substituents is 1. The van der Waals surface area contributed by atoms with E-state index in [1.807, 2.05) is 18.2 Å². The van der Waals surface area contributed by atoms with E-state index in [2.05, 4.69) is 9.98 Å². The molecule has 0 bridgehead atoms. The number of hydrogen-bond donors (Lipinski definition) is 4. The molecule has 7 N–H and O–H groups in total. The Morgan fingerprint density at radius 3 is 2.12 bits per heavy atom. The van der Waals surface area contributed by atoms with Gasteiger partial charge in [0.1, 0.15) is 5.75 Å². The Morgan fingerprint density at radius 1 is 0.875 bits per heavy atom. The van der Waals surface area contributed by atoms with Crippen LogP contribution in [0.5, 0.6) is 5.75 Å². The van der Waals surface area contributed by atoms with Gasteiger partial charge >= 0.3 is 0 Å². The summed E-state index contributed by atoms with van der Waals surface area (Å²) in [6, 6.07) is 13.7. The van der Waals surface area contributed by atoms with Crippen LogP contribution in [0.25, 0.3) is 0 Å². The number of rotatable bonds is 2. The molecule has 1 aliphatic carbocycles. The Morgan fingerprint density at radius 2 is 1.50 bits per heavy atom. The summed E-state index contributed by atoms with van der Waals surface area (Å²) in [7, 11) is 0. The summed E-state index contributed by atoms with van der Waals surface area (Å²) in [6.45, 7) is 0. The minimum Gasteiger partial charge on any atom is -0.508 e. The molecular formula is C18H21N5O. The van der Waals surface area contributed by atoms with Gasteiger partial charge in [-0.2, -0.15) is 0 Å². The first kappa shape index (κ1) is 16.2. The zero-order chi connectivity index (χ0) is 17.1. The summed E-state index contributed by atoms with van der Waals surface area (Å²) >= 11 is 0. The summed E-state index contributed by atoms with van der Waals surface area (Å²) in [5.74, 6) is 0.175. The maximum absolute atomic E-state index is 9.57. The number of phenols is 1. The average molecular weight is 323 g/mol. The van der Waals surface area contributed by atoms with Gasteiger partial charge in [0.25, 0.3) is 0 Å². The highest BCUT2D eigenvalue weighted by Gasteiger charge is 2.27. The smallest absolute Gasteiger partial charge is 0.117 e. The molecule has 0 aliphatic heterocycles. The summed E-state index contributed by atoms with van der Waals surface area (Å²) in [6.07, 6.45) is 1.10. The first-order chi connectivity index (χ1) is 11.5. The first-order valence-electron chi connectivity index (χ1n) is 7.82. The molecule has 6 heteroatoms. The Kier molecular flexibility index (Phi) is 4.59. The van der Waals surface area contributed by atoms with E-state index in [0.717, 1.165) is 17.1 Å². The van der Waals surface area contributed by atoms with Crippen LogP contribution in [0.15, 0.2) is 58.5 Å². The van der Waals surface area contributed by atoms with Crippen LogP contribution < -0.4 is 17.2 Å². The second kappa shape index (κ2) is 6.82. The number of hydrogen-bond acceptors (Lipinski definition) is 6. The Labute approximate surface area is 140 Å². The minimum absolute atomic E-state index is 0.175. The second-order valence-electron chi connectivity index (χ2n) is 5.94. The predicted octanol–water partition coefficient (Wildman–Crippen LogP) is 2.27. The van der Waals surface area contributed by atoms with Crippen LogP contribution in [0.4, 0.5) is 17.1 Å². The van der Waals surface area contributed by atoms with E-state index in [9.17, 15) is 5.11 Å². The average Bonchev–Trinajstić information content (AvgIpc) is 2.54. The van der Waals surface area contributed by atoms with E-state index in [1.54, 1.807) is 30.3 Å². The van der Waals surface area contributed by atoms with Crippen molar-refractivity contribution >= 4 is 28.5 Å². The van der Waals surface area contributed by atoms with E-state index >= 15 is 0 Å². The number of nitrogen functional groups attached to an aromatic ring is 1. The third-order valence-electron chi connectivity index (χ3n) is 3.99. The van der Waals surface area contributed by atoms with E-state index in [1.165, 1.54) is 0 Å². The van der Waals surface area contributed by atoms with E-state index < -0.39 is 0 Å². The molecule has 6 nitrogen and oxygen atoms in total. The van der Waals surface area contributed by atoms with Gasteiger partial charge in [0.05, 0.1) is 11.4 Å². The van der Waals surface area contributed by atoms with Gasteiger partial charge in [0.15, 0.2) is 0 Å². The maximum Gasteiger partial charge on any atom is 0.117 e. The SMILES string of the molecule is Nc1ccc(N=C2CC(=Nc3cccc(O)c3)C(N)CC2N)cc1. The number of nitrogens with two attached hydrogens (primary N) is 3. The lowest BCUT2D eigenvalue weighted by Crippen LogP contribution is -2.48. The topological polar surface area (TPSA) is 123 Å². The lowest BCUT2D eigenvalue weighted by atomic mass is 9.88. The van der Waals surface area contributed by atoms with Crippen molar-refractivity contribution in [3.05, 3.63) is 48.5 Å². The third-order valence-corrected chi connectivity index (χ3v) is 3.99. The van der Waals surface area contributed by atoms with E-state index in [-0.39, 0.29) is 17.8 Å². The number of nitrogens with zero attached hydrogens (tertiary/aromatic N) is 2. The van der Waals surface area contributed by atoms with Crippen molar-refractivity contribution in [1.29, 1.82) is 0 Å². The Balaban J connectivity index is 1.88. The van der Waals surface area contributed by atoms with E-state index in [0.29, 0.717) is 24.2 Å². The van der Waals surface area contributed by atoms with Gasteiger partial charge in [0.2, 0.25) is 0 Å². The normalized spacial score (nSPS) is 24.4. The summed E-state index contributed by atoms with van der Waals surface area (Å²) < 4.78 is 0. The Bertz CT molecular complexity index is 782. The van der Waals surface area contributed by atoms with Crippen LogP contribution in [0.2, 0.25) is 0 Å². The fraction of sp³-hybridized carbons (Fsp3) is 0.222. The number of anilines is 1. The molecule has 2 aromatic carbocycles. The summed E-state index contributed by atoms with van der Waals surface area (Å²) in [5, 5.41) is 9.57. The second-order valence-corrected chi connectivity index (χ2v) is 5.94. The van der Waals surface area contributed by atoms with Gasteiger partial charge in [-0.25, -0.2) is 0 Å². The standard InChI is InChI=1S/C18H21N5O/c19-11-4-6-12(7-5-11)22-17-10-18(16(21)9-15(17)20)23-13-2-1-3-14(24)8-13/h1-8,15-16,24H,9-10,19-21H2. The fourth-order valence-electron chi connectivity index (χ4n) is 2.68. The summed E-state index contributed by atoms with van der Waals surface area (Å²) in [5.41, 5.74) is 21.9. The summed E-state index contributed by atoms with van der Waals surface area (Å²) in [4.78, 5) is 9.21. The molecular weight excluding hydrogens is 302 g/mol. The van der Waals surface area contributed by atoms with Crippen molar-refractivity contribution in [3.63, 3.8) is 0 Å². The molecule has 124 valence electrons. The first-order valence-corrected chi connectivity index (χ1v) is 7.82. The molecule has 1 fully saturated rings. The zero-order valence-corrected chi connectivity index (χ0v) is 13.3. The van der Waals surface area contributed by atoms with Gasteiger partial charge < -0.3 is 22.3 Å². The molecule has 3 rings (SSSR count). The largest absolute Gasteiger partial charge is 0.508 e. The molecule has 0 aromatic heterocycles. The van der Waals surface area contributed by atoms with Gasteiger partial charge in [-0.3, -0.25) is 9.98 Å². The number of benzene rings is 2. The molecule has 1 aliphatic rings. The van der Waals surface area contributed by atoms with Crippen molar-refractivity contribution in [3.8, 4) is 5.75 Å². The molecule has 2 atom stereocenters. The molecule has 0 heterocycles. The number of aliphatic imine (C=N–C) groups is 2. The highest BCUT2D eigenvalue weighted by Crippen LogP contribution is 2.23. The monoisotopic (exact) mass is 323 g/mol. The van der Waals surface area contributed by atoms with Crippen molar-refractivity contribution in [2.24, 2.45) is 21.5 Å². The van der Waals surface area contributed by atoms with Crippen LogP contribution in [0.3, 0.4) is 0 Å². The Hall–Kier alpha value is -2.70. The third kappa shape index (κ3) is 3.79. The van der Waals surface area contributed by atoms with Crippen molar-refractivity contribution in [1.82, 2.24) is 0 Å². The van der Waals surface area contributed by atoms with Crippen molar-refractivity contribution in [2.45, 2.75) is 24.9 Å². The molecule has 0 saturated heterocycles. The van der Waals surface area contributed by atoms with Crippen molar-refractivity contribution in [2.75, 3.05) is 5.73 Å². The molecule has 0 spiro atoms. The molecule has 0 radical (unpaired) electrons. The minimum atomic E-state index is -0.215. The van der Waals surface area contributed by atoms with Crippen LogP contribution in [-0.2, 0) is 0 Å². The molecule has 24 heavy (non-hydrogen) atoms. The predicted molar refractivity (Wildman–Crippen MR) is 98.3 cm³/mol. The van der Waals surface area contributed by atoms with Gasteiger partial charge in [-0.05, 0) is 42.8 Å². The quantitative estimate of drug-likeness (QED) is 0.633. The van der Waals surface area contributed by atoms with Crippen LogP contribution in [0, 0.1) is 0 Å². The molecule has 1 saturated carbocycles. The molecule has 0 amide bonds. The van der Waals surface area contributed by atoms with Crippen LogP contribution in [-0.4, -0.2) is 28.6 Å².